The molecule has 1 heterocycles. The van der Waals surface area contributed by atoms with Crippen molar-refractivity contribution in [1.82, 2.24) is 15.0 Å². The molecule has 1 aromatic heterocycles. The first-order valence-corrected chi connectivity index (χ1v) is 7.05. The molecular formula is C13H25N5O2. The molecule has 0 spiro atoms. The number of anilines is 2. The van der Waals surface area contributed by atoms with E-state index in [1.165, 1.54) is 0 Å². The SMILES string of the molecule is CCCNc1nc(NCCCOC)nc(OC(C)C)n1. The van der Waals surface area contributed by atoms with Gasteiger partial charge in [0.25, 0.3) is 0 Å². The second kappa shape index (κ2) is 9.30. The van der Waals surface area contributed by atoms with Crippen LogP contribution in [-0.2, 0) is 4.74 Å². The number of aromatic nitrogens is 3. The molecule has 0 saturated carbocycles. The van der Waals surface area contributed by atoms with Gasteiger partial charge >= 0.3 is 6.01 Å². The molecule has 0 radical (unpaired) electrons. The minimum Gasteiger partial charge on any atom is -0.461 e. The predicted molar refractivity (Wildman–Crippen MR) is 79.4 cm³/mol. The first kappa shape index (κ1) is 16.4. The van der Waals surface area contributed by atoms with E-state index in [0.29, 0.717) is 24.5 Å². The highest BCUT2D eigenvalue weighted by Gasteiger charge is 2.08. The summed E-state index contributed by atoms with van der Waals surface area (Å²) in [5, 5.41) is 6.29. The van der Waals surface area contributed by atoms with E-state index in [9.17, 15) is 0 Å². The Morgan fingerprint density at radius 2 is 1.70 bits per heavy atom. The topological polar surface area (TPSA) is 81.2 Å². The summed E-state index contributed by atoms with van der Waals surface area (Å²) in [7, 11) is 1.68. The minimum absolute atomic E-state index is 0.0257. The Kier molecular flexibility index (Phi) is 7.64. The van der Waals surface area contributed by atoms with Gasteiger partial charge in [-0.05, 0) is 26.7 Å². The van der Waals surface area contributed by atoms with Crippen LogP contribution in [0, 0.1) is 0 Å². The van der Waals surface area contributed by atoms with Crippen LogP contribution in [0.2, 0.25) is 0 Å². The van der Waals surface area contributed by atoms with Gasteiger partial charge < -0.3 is 20.1 Å². The quantitative estimate of drug-likeness (QED) is 0.635. The standard InChI is InChI=1S/C13H25N5O2/c1-5-7-14-11-16-12(15-8-6-9-19-4)18-13(17-11)20-10(2)3/h10H,5-9H2,1-4H3,(H2,14,15,16,17,18). The lowest BCUT2D eigenvalue weighted by Gasteiger charge is -2.12. The largest absolute Gasteiger partial charge is 0.461 e. The van der Waals surface area contributed by atoms with E-state index < -0.39 is 0 Å². The van der Waals surface area contributed by atoms with Gasteiger partial charge in [-0.2, -0.15) is 15.0 Å². The first-order chi connectivity index (χ1) is 9.65. The van der Waals surface area contributed by atoms with Gasteiger partial charge in [-0.15, -0.1) is 0 Å². The van der Waals surface area contributed by atoms with Crippen LogP contribution in [0.15, 0.2) is 0 Å². The highest BCUT2D eigenvalue weighted by atomic mass is 16.5. The molecule has 0 aliphatic heterocycles. The van der Waals surface area contributed by atoms with E-state index in [1.807, 2.05) is 13.8 Å². The van der Waals surface area contributed by atoms with E-state index in [0.717, 1.165) is 25.9 Å². The molecular weight excluding hydrogens is 258 g/mol. The van der Waals surface area contributed by atoms with Gasteiger partial charge in [0.15, 0.2) is 0 Å². The van der Waals surface area contributed by atoms with Crippen LogP contribution >= 0.6 is 0 Å². The molecule has 0 aromatic carbocycles. The van der Waals surface area contributed by atoms with Gasteiger partial charge in [-0.3, -0.25) is 0 Å². The number of methoxy groups -OCH3 is 1. The van der Waals surface area contributed by atoms with Gasteiger partial charge in [0, 0.05) is 26.8 Å². The summed E-state index contributed by atoms with van der Waals surface area (Å²) in [6.07, 6.45) is 1.92. The molecule has 0 bridgehead atoms. The number of nitrogens with one attached hydrogen (secondary N) is 2. The van der Waals surface area contributed by atoms with Crippen LogP contribution in [0.4, 0.5) is 11.9 Å². The van der Waals surface area contributed by atoms with Crippen molar-refractivity contribution in [3.8, 4) is 6.01 Å². The van der Waals surface area contributed by atoms with Gasteiger partial charge in [0.05, 0.1) is 6.10 Å². The van der Waals surface area contributed by atoms with Crippen LogP contribution in [-0.4, -0.2) is 47.9 Å². The van der Waals surface area contributed by atoms with E-state index >= 15 is 0 Å². The van der Waals surface area contributed by atoms with E-state index in [-0.39, 0.29) is 6.10 Å². The number of nitrogens with zero attached hydrogens (tertiary/aromatic N) is 3. The van der Waals surface area contributed by atoms with E-state index in [1.54, 1.807) is 7.11 Å². The third kappa shape index (κ3) is 6.51. The fourth-order valence-electron chi connectivity index (χ4n) is 1.43. The summed E-state index contributed by atoms with van der Waals surface area (Å²) in [6.45, 7) is 8.22. The molecule has 1 rings (SSSR count). The fraction of sp³-hybridized carbons (Fsp3) is 0.769. The molecule has 0 saturated heterocycles. The average Bonchev–Trinajstić information content (AvgIpc) is 2.40. The van der Waals surface area contributed by atoms with Crippen LogP contribution < -0.4 is 15.4 Å². The zero-order valence-corrected chi connectivity index (χ0v) is 12.8. The molecule has 0 atom stereocenters. The lowest BCUT2D eigenvalue weighted by Crippen LogP contribution is -2.15. The smallest absolute Gasteiger partial charge is 0.323 e. The van der Waals surface area contributed by atoms with E-state index in [4.69, 9.17) is 9.47 Å². The Hall–Kier alpha value is -1.63. The molecule has 0 amide bonds. The van der Waals surface area contributed by atoms with Crippen LogP contribution in [0.25, 0.3) is 0 Å². The monoisotopic (exact) mass is 283 g/mol. The second-order valence-electron chi connectivity index (χ2n) is 4.63. The Balaban J connectivity index is 2.69. The van der Waals surface area contributed by atoms with Crippen molar-refractivity contribution in [3.05, 3.63) is 0 Å². The van der Waals surface area contributed by atoms with Crippen molar-refractivity contribution >= 4 is 11.9 Å². The molecule has 1 aromatic rings. The Labute approximate surface area is 120 Å². The molecule has 0 fully saturated rings. The van der Waals surface area contributed by atoms with Crippen molar-refractivity contribution in [2.75, 3.05) is 37.4 Å². The van der Waals surface area contributed by atoms with Gasteiger partial charge in [-0.25, -0.2) is 0 Å². The van der Waals surface area contributed by atoms with Crippen LogP contribution in [0.1, 0.15) is 33.6 Å². The lowest BCUT2D eigenvalue weighted by molar-refractivity contribution is 0.197. The summed E-state index contributed by atoms with van der Waals surface area (Å²) in [5.74, 6) is 1.05. The lowest BCUT2D eigenvalue weighted by atomic mass is 10.4. The number of rotatable bonds is 10. The van der Waals surface area contributed by atoms with Crippen molar-refractivity contribution in [3.63, 3.8) is 0 Å². The highest BCUT2D eigenvalue weighted by Crippen LogP contribution is 2.12. The number of hydrogen-bond donors (Lipinski definition) is 2. The summed E-state index contributed by atoms with van der Waals surface area (Å²) in [4.78, 5) is 12.8. The van der Waals surface area contributed by atoms with Crippen molar-refractivity contribution in [2.24, 2.45) is 0 Å². The second-order valence-corrected chi connectivity index (χ2v) is 4.63. The normalized spacial score (nSPS) is 10.7. The van der Waals surface area contributed by atoms with Gasteiger partial charge in [0.1, 0.15) is 0 Å². The predicted octanol–water partition coefficient (Wildman–Crippen LogP) is 1.93. The van der Waals surface area contributed by atoms with Crippen molar-refractivity contribution in [2.45, 2.75) is 39.7 Å². The third-order valence-corrected chi connectivity index (χ3v) is 2.30. The zero-order chi connectivity index (χ0) is 14.8. The Morgan fingerprint density at radius 1 is 1.05 bits per heavy atom. The molecule has 20 heavy (non-hydrogen) atoms. The third-order valence-electron chi connectivity index (χ3n) is 2.30. The van der Waals surface area contributed by atoms with E-state index in [2.05, 4.69) is 32.5 Å². The highest BCUT2D eigenvalue weighted by molar-refractivity contribution is 5.35. The maximum absolute atomic E-state index is 5.54. The molecule has 7 heteroatoms. The molecule has 2 N–H and O–H groups in total. The molecule has 114 valence electrons. The minimum atomic E-state index is 0.0257. The molecule has 0 aliphatic carbocycles. The van der Waals surface area contributed by atoms with Crippen molar-refractivity contribution in [1.29, 1.82) is 0 Å². The molecule has 7 nitrogen and oxygen atoms in total. The fourth-order valence-corrected chi connectivity index (χ4v) is 1.43. The van der Waals surface area contributed by atoms with Gasteiger partial charge in [-0.1, -0.05) is 6.92 Å². The summed E-state index contributed by atoms with van der Waals surface area (Å²) in [6, 6.07) is 0.336. The summed E-state index contributed by atoms with van der Waals surface area (Å²) >= 11 is 0. The summed E-state index contributed by atoms with van der Waals surface area (Å²) in [5.41, 5.74) is 0. The number of hydrogen-bond acceptors (Lipinski definition) is 7. The molecule has 0 unspecified atom stereocenters. The maximum Gasteiger partial charge on any atom is 0.323 e. The van der Waals surface area contributed by atoms with Gasteiger partial charge in [0.2, 0.25) is 11.9 Å². The maximum atomic E-state index is 5.54. The van der Waals surface area contributed by atoms with Crippen molar-refractivity contribution < 1.29 is 9.47 Å². The number of ether oxygens (including phenoxy) is 2. The average molecular weight is 283 g/mol. The van der Waals surface area contributed by atoms with Crippen LogP contribution in [0.3, 0.4) is 0 Å². The zero-order valence-electron chi connectivity index (χ0n) is 12.8. The Morgan fingerprint density at radius 3 is 2.25 bits per heavy atom. The first-order valence-electron chi connectivity index (χ1n) is 7.05. The summed E-state index contributed by atoms with van der Waals surface area (Å²) < 4.78 is 10.5. The molecule has 0 aliphatic rings. The van der Waals surface area contributed by atoms with Crippen LogP contribution in [0.5, 0.6) is 6.01 Å². The Bertz CT molecular complexity index is 387.